The van der Waals surface area contributed by atoms with Gasteiger partial charge < -0.3 is 10.3 Å². The van der Waals surface area contributed by atoms with Crippen LogP contribution >= 0.6 is 0 Å². The number of nitrogens with zero attached hydrogens (tertiary/aromatic N) is 1. The van der Waals surface area contributed by atoms with E-state index in [9.17, 15) is 4.79 Å². The quantitative estimate of drug-likeness (QED) is 0.799. The summed E-state index contributed by atoms with van der Waals surface area (Å²) in [5, 5.41) is 6.46. The van der Waals surface area contributed by atoms with Gasteiger partial charge in [-0.3, -0.25) is 10.1 Å². The third kappa shape index (κ3) is 2.84. The molecular formula is C16H24N4O. The predicted octanol–water partition coefficient (Wildman–Crippen LogP) is 2.25. The molecule has 3 unspecified atom stereocenters. The van der Waals surface area contributed by atoms with Gasteiger partial charge in [-0.25, -0.2) is 4.98 Å². The average Bonchev–Trinajstić information content (AvgIpc) is 3.27. The Kier molecular flexibility index (Phi) is 3.45. The van der Waals surface area contributed by atoms with Gasteiger partial charge in [0.05, 0.1) is 6.20 Å². The molecule has 0 radical (unpaired) electrons. The first-order chi connectivity index (χ1) is 10.3. The Morgan fingerprint density at radius 1 is 1.19 bits per heavy atom. The van der Waals surface area contributed by atoms with Gasteiger partial charge in [0.2, 0.25) is 11.9 Å². The van der Waals surface area contributed by atoms with Crippen LogP contribution in [0.25, 0.3) is 0 Å². The molecule has 0 spiro atoms. The van der Waals surface area contributed by atoms with Crippen molar-refractivity contribution in [1.29, 1.82) is 0 Å². The van der Waals surface area contributed by atoms with Crippen LogP contribution in [-0.4, -0.2) is 29.0 Å². The Labute approximate surface area is 125 Å². The number of fused-ring (bicyclic) bond motifs is 1. The smallest absolute Gasteiger partial charge is 0.229 e. The zero-order chi connectivity index (χ0) is 14.2. The second-order valence-corrected chi connectivity index (χ2v) is 6.97. The van der Waals surface area contributed by atoms with Gasteiger partial charge in [-0.1, -0.05) is 0 Å². The van der Waals surface area contributed by atoms with E-state index in [2.05, 4.69) is 20.6 Å². The summed E-state index contributed by atoms with van der Waals surface area (Å²) in [7, 11) is 0. The molecule has 2 saturated carbocycles. The molecule has 2 aliphatic carbocycles. The minimum atomic E-state index is 0.156. The largest absolute Gasteiger partial charge is 0.328 e. The molecule has 5 nitrogen and oxygen atoms in total. The van der Waals surface area contributed by atoms with Gasteiger partial charge in [0.25, 0.3) is 0 Å². The SMILES string of the molecule is O=C(Nc1ncc(C2CC2)[nH]1)C1CCC2CNCCC2C1. The van der Waals surface area contributed by atoms with Gasteiger partial charge in [0, 0.05) is 17.5 Å². The number of hydrogen-bond donors (Lipinski definition) is 3. The van der Waals surface area contributed by atoms with Crippen molar-refractivity contribution in [3.63, 3.8) is 0 Å². The fourth-order valence-electron chi connectivity index (χ4n) is 3.98. The fourth-order valence-corrected chi connectivity index (χ4v) is 3.98. The highest BCUT2D eigenvalue weighted by Gasteiger charge is 2.35. The van der Waals surface area contributed by atoms with Gasteiger partial charge in [-0.15, -0.1) is 0 Å². The zero-order valence-corrected chi connectivity index (χ0v) is 12.4. The van der Waals surface area contributed by atoms with Crippen LogP contribution in [0.5, 0.6) is 0 Å². The van der Waals surface area contributed by atoms with E-state index in [0.717, 1.165) is 37.8 Å². The zero-order valence-electron chi connectivity index (χ0n) is 12.4. The molecule has 1 aromatic heterocycles. The number of anilines is 1. The van der Waals surface area contributed by atoms with Gasteiger partial charge in [-0.2, -0.15) is 0 Å². The van der Waals surface area contributed by atoms with Crippen molar-refractivity contribution in [1.82, 2.24) is 15.3 Å². The minimum Gasteiger partial charge on any atom is -0.328 e. The lowest BCUT2D eigenvalue weighted by molar-refractivity contribution is -0.122. The molecular weight excluding hydrogens is 264 g/mol. The van der Waals surface area contributed by atoms with Crippen LogP contribution in [0.3, 0.4) is 0 Å². The number of carbonyl (C=O) groups is 1. The van der Waals surface area contributed by atoms with E-state index < -0.39 is 0 Å². The number of carbonyl (C=O) groups excluding carboxylic acids is 1. The molecule has 3 atom stereocenters. The van der Waals surface area contributed by atoms with Crippen LogP contribution in [0.1, 0.15) is 50.1 Å². The lowest BCUT2D eigenvalue weighted by Crippen LogP contribution is -2.42. The van der Waals surface area contributed by atoms with Crippen LogP contribution in [0, 0.1) is 17.8 Å². The van der Waals surface area contributed by atoms with Crippen LogP contribution < -0.4 is 10.6 Å². The highest BCUT2D eigenvalue weighted by Crippen LogP contribution is 2.40. The van der Waals surface area contributed by atoms with Crippen molar-refractivity contribution in [2.24, 2.45) is 17.8 Å². The standard InChI is InChI=1S/C16H24N4O/c21-15(20-16-18-9-14(19-16)10-1-2-10)12-3-4-13-8-17-6-5-11(13)7-12/h9-13,17H,1-8H2,(H2,18,19,20,21). The van der Waals surface area contributed by atoms with Gasteiger partial charge in [-0.05, 0) is 63.5 Å². The Morgan fingerprint density at radius 3 is 2.95 bits per heavy atom. The van der Waals surface area contributed by atoms with Crippen molar-refractivity contribution in [3.05, 3.63) is 11.9 Å². The Bertz CT molecular complexity index is 522. The number of rotatable bonds is 3. The lowest BCUT2D eigenvalue weighted by Gasteiger charge is -2.38. The third-order valence-electron chi connectivity index (χ3n) is 5.46. The molecule has 1 aliphatic heterocycles. The van der Waals surface area contributed by atoms with Gasteiger partial charge >= 0.3 is 0 Å². The highest BCUT2D eigenvalue weighted by atomic mass is 16.2. The van der Waals surface area contributed by atoms with Gasteiger partial charge in [0.1, 0.15) is 0 Å². The summed E-state index contributed by atoms with van der Waals surface area (Å²) in [6, 6.07) is 0. The lowest BCUT2D eigenvalue weighted by atomic mass is 9.71. The molecule has 3 N–H and O–H groups in total. The molecule has 4 rings (SSSR count). The maximum atomic E-state index is 12.5. The molecule has 0 aromatic carbocycles. The van der Waals surface area contributed by atoms with E-state index in [4.69, 9.17) is 0 Å². The summed E-state index contributed by atoms with van der Waals surface area (Å²) in [5.41, 5.74) is 1.17. The maximum absolute atomic E-state index is 12.5. The van der Waals surface area contributed by atoms with E-state index in [0.29, 0.717) is 11.9 Å². The molecule has 21 heavy (non-hydrogen) atoms. The molecule has 3 aliphatic rings. The number of aromatic amines is 1. The van der Waals surface area contributed by atoms with Gasteiger partial charge in [0.15, 0.2) is 0 Å². The number of nitrogens with one attached hydrogen (secondary N) is 3. The number of amides is 1. The van der Waals surface area contributed by atoms with Crippen molar-refractivity contribution in [3.8, 4) is 0 Å². The molecule has 0 bridgehead atoms. The van der Waals surface area contributed by atoms with Crippen molar-refractivity contribution in [2.75, 3.05) is 18.4 Å². The van der Waals surface area contributed by atoms with Crippen LogP contribution in [0.4, 0.5) is 5.95 Å². The van der Waals surface area contributed by atoms with Crippen LogP contribution in [0.2, 0.25) is 0 Å². The predicted molar refractivity (Wildman–Crippen MR) is 81.0 cm³/mol. The van der Waals surface area contributed by atoms with Crippen LogP contribution in [-0.2, 0) is 4.79 Å². The monoisotopic (exact) mass is 288 g/mol. The molecule has 114 valence electrons. The number of aromatic nitrogens is 2. The second kappa shape index (κ2) is 5.44. The number of piperidine rings is 1. The fraction of sp³-hybridized carbons (Fsp3) is 0.750. The summed E-state index contributed by atoms with van der Waals surface area (Å²) < 4.78 is 0. The normalized spacial score (nSPS) is 32.5. The van der Waals surface area contributed by atoms with Crippen molar-refractivity contribution >= 4 is 11.9 Å². The molecule has 1 saturated heterocycles. The summed E-state index contributed by atoms with van der Waals surface area (Å²) >= 11 is 0. The number of hydrogen-bond acceptors (Lipinski definition) is 3. The first kappa shape index (κ1) is 13.3. The van der Waals surface area contributed by atoms with Crippen molar-refractivity contribution < 1.29 is 4.79 Å². The summed E-state index contributed by atoms with van der Waals surface area (Å²) in [5.74, 6) is 3.12. The van der Waals surface area contributed by atoms with E-state index >= 15 is 0 Å². The summed E-state index contributed by atoms with van der Waals surface area (Å²) in [6.07, 6.45) is 8.84. The van der Waals surface area contributed by atoms with E-state index in [1.165, 1.54) is 31.4 Å². The van der Waals surface area contributed by atoms with E-state index in [1.807, 2.05) is 6.20 Å². The van der Waals surface area contributed by atoms with E-state index in [1.54, 1.807) is 0 Å². The Hall–Kier alpha value is -1.36. The summed E-state index contributed by atoms with van der Waals surface area (Å²) in [4.78, 5) is 20.0. The number of H-pyrrole nitrogens is 1. The summed E-state index contributed by atoms with van der Waals surface area (Å²) in [6.45, 7) is 2.25. The Balaban J connectivity index is 1.35. The molecule has 5 heteroatoms. The topological polar surface area (TPSA) is 69.8 Å². The Morgan fingerprint density at radius 2 is 2.10 bits per heavy atom. The first-order valence-electron chi connectivity index (χ1n) is 8.36. The molecule has 1 amide bonds. The maximum Gasteiger partial charge on any atom is 0.229 e. The van der Waals surface area contributed by atoms with Crippen LogP contribution in [0.15, 0.2) is 6.20 Å². The minimum absolute atomic E-state index is 0.156. The molecule has 1 aromatic rings. The third-order valence-corrected chi connectivity index (χ3v) is 5.46. The molecule has 2 heterocycles. The second-order valence-electron chi connectivity index (χ2n) is 6.97. The first-order valence-corrected chi connectivity index (χ1v) is 8.36. The number of imidazole rings is 1. The highest BCUT2D eigenvalue weighted by molar-refractivity contribution is 5.91. The van der Waals surface area contributed by atoms with E-state index in [-0.39, 0.29) is 11.8 Å². The van der Waals surface area contributed by atoms with Crippen molar-refractivity contribution in [2.45, 2.75) is 44.4 Å². The molecule has 3 fully saturated rings. The average molecular weight is 288 g/mol.